The SMILES string of the molecule is Cc1c(C2=CC(=C(C#N)c3nc4ccccc4[nH]3)CCC2)c(=O)oc2cc(N3c4ccccc4C=Cc4ccccc43)ccc12. The number of nitriles is 1. The first-order chi connectivity index (χ1) is 22.1. The van der Waals surface area contributed by atoms with Gasteiger partial charge in [-0.3, -0.25) is 0 Å². The highest BCUT2D eigenvalue weighted by molar-refractivity contribution is 5.96. The molecule has 3 heterocycles. The summed E-state index contributed by atoms with van der Waals surface area (Å²) in [6.45, 7) is 1.98. The van der Waals surface area contributed by atoms with E-state index in [1.54, 1.807) is 0 Å². The maximum absolute atomic E-state index is 13.7. The van der Waals surface area contributed by atoms with Gasteiger partial charge in [-0.25, -0.2) is 9.78 Å². The Bertz CT molecular complexity index is 2280. The van der Waals surface area contributed by atoms with Crippen LogP contribution in [-0.4, -0.2) is 9.97 Å². The van der Waals surface area contributed by atoms with E-state index in [1.807, 2.05) is 73.7 Å². The summed E-state index contributed by atoms with van der Waals surface area (Å²) < 4.78 is 6.07. The van der Waals surface area contributed by atoms with E-state index in [1.165, 1.54) is 0 Å². The Morgan fingerprint density at radius 1 is 0.911 bits per heavy atom. The molecule has 0 radical (unpaired) electrons. The van der Waals surface area contributed by atoms with E-state index in [2.05, 4.69) is 63.4 Å². The van der Waals surface area contributed by atoms with Gasteiger partial charge in [0, 0.05) is 17.1 Å². The van der Waals surface area contributed by atoms with Gasteiger partial charge >= 0.3 is 5.63 Å². The van der Waals surface area contributed by atoms with Gasteiger partial charge < -0.3 is 14.3 Å². The van der Waals surface area contributed by atoms with Crippen LogP contribution < -0.4 is 10.5 Å². The summed E-state index contributed by atoms with van der Waals surface area (Å²) in [4.78, 5) is 23.9. The summed E-state index contributed by atoms with van der Waals surface area (Å²) in [5.74, 6) is 0.549. The molecule has 45 heavy (non-hydrogen) atoms. The van der Waals surface area contributed by atoms with Crippen molar-refractivity contribution in [3.8, 4) is 6.07 Å². The van der Waals surface area contributed by atoms with Gasteiger partial charge in [0.15, 0.2) is 0 Å². The van der Waals surface area contributed by atoms with Crippen molar-refractivity contribution in [3.05, 3.63) is 141 Å². The predicted molar refractivity (Wildman–Crippen MR) is 181 cm³/mol. The number of allylic oxidation sites excluding steroid dienone is 4. The van der Waals surface area contributed by atoms with E-state index in [0.29, 0.717) is 22.5 Å². The van der Waals surface area contributed by atoms with Crippen LogP contribution in [0, 0.1) is 18.3 Å². The molecule has 8 rings (SSSR count). The van der Waals surface area contributed by atoms with Crippen molar-refractivity contribution in [2.75, 3.05) is 4.90 Å². The van der Waals surface area contributed by atoms with Crippen LogP contribution in [0.3, 0.4) is 0 Å². The predicted octanol–water partition coefficient (Wildman–Crippen LogP) is 9.48. The molecule has 0 unspecified atom stereocenters. The van der Waals surface area contributed by atoms with Crippen molar-refractivity contribution in [2.24, 2.45) is 0 Å². The number of benzene rings is 4. The van der Waals surface area contributed by atoms with Gasteiger partial charge in [0.05, 0.1) is 33.5 Å². The van der Waals surface area contributed by atoms with E-state index in [-0.39, 0.29) is 5.63 Å². The van der Waals surface area contributed by atoms with E-state index >= 15 is 0 Å². The van der Waals surface area contributed by atoms with Crippen LogP contribution in [0.5, 0.6) is 0 Å². The molecule has 1 aliphatic heterocycles. The Labute approximate surface area is 259 Å². The Kier molecular flexibility index (Phi) is 6.32. The maximum Gasteiger partial charge on any atom is 0.344 e. The molecule has 0 fully saturated rings. The molecule has 0 saturated carbocycles. The minimum absolute atomic E-state index is 0.370. The van der Waals surface area contributed by atoms with Crippen molar-refractivity contribution >= 4 is 62.4 Å². The Hall–Kier alpha value is -5.93. The zero-order chi connectivity index (χ0) is 30.5. The first-order valence-electron chi connectivity index (χ1n) is 15.1. The lowest BCUT2D eigenvalue weighted by atomic mass is 9.87. The standard InChI is InChI=1S/C39H28N4O2/c1-24-30-20-19-29(43-34-15-6-2-9-25(34)17-18-26-10-3-7-16-35(26)43)22-36(30)45-39(44)37(24)28-12-8-11-27(21-28)31(23-40)38-41-32-13-4-5-14-33(32)42-38/h2-7,9-10,13-22H,8,11-12H2,1H3,(H,41,42). The highest BCUT2D eigenvalue weighted by Crippen LogP contribution is 2.43. The number of fused-ring (bicyclic) bond motifs is 4. The maximum atomic E-state index is 13.7. The van der Waals surface area contributed by atoms with Gasteiger partial charge in [0.25, 0.3) is 0 Å². The number of para-hydroxylation sites is 4. The van der Waals surface area contributed by atoms with Gasteiger partial charge in [-0.15, -0.1) is 0 Å². The zero-order valence-corrected chi connectivity index (χ0v) is 24.7. The molecule has 1 aliphatic carbocycles. The Balaban J connectivity index is 1.24. The summed E-state index contributed by atoms with van der Waals surface area (Å²) in [7, 11) is 0. The van der Waals surface area contributed by atoms with Gasteiger partial charge in [-0.1, -0.05) is 66.8 Å². The second-order valence-corrected chi connectivity index (χ2v) is 11.5. The molecule has 0 amide bonds. The van der Waals surface area contributed by atoms with E-state index in [0.717, 1.165) is 80.6 Å². The first kappa shape index (κ1) is 26.7. The number of hydrogen-bond donors (Lipinski definition) is 1. The number of H-pyrrole nitrogens is 1. The minimum atomic E-state index is -0.370. The average Bonchev–Trinajstić information content (AvgIpc) is 3.41. The van der Waals surface area contributed by atoms with Crippen molar-refractivity contribution < 1.29 is 4.42 Å². The smallest absolute Gasteiger partial charge is 0.344 e. The largest absolute Gasteiger partial charge is 0.422 e. The fraction of sp³-hybridized carbons (Fsp3) is 0.103. The van der Waals surface area contributed by atoms with Crippen LogP contribution in [0.25, 0.3) is 45.3 Å². The van der Waals surface area contributed by atoms with Crippen LogP contribution in [-0.2, 0) is 0 Å². The molecule has 1 N–H and O–H groups in total. The first-order valence-corrected chi connectivity index (χ1v) is 15.1. The average molecular weight is 585 g/mol. The lowest BCUT2D eigenvalue weighted by Crippen LogP contribution is -2.13. The second-order valence-electron chi connectivity index (χ2n) is 11.5. The molecule has 2 aromatic heterocycles. The van der Waals surface area contributed by atoms with E-state index < -0.39 is 0 Å². The Morgan fingerprint density at radius 2 is 1.62 bits per heavy atom. The lowest BCUT2D eigenvalue weighted by molar-refractivity contribution is 0.556. The number of aryl methyl sites for hydroxylation is 1. The molecule has 2 aliphatic rings. The molecule has 6 aromatic rings. The van der Waals surface area contributed by atoms with Crippen LogP contribution >= 0.6 is 0 Å². The molecule has 0 bridgehead atoms. The van der Waals surface area contributed by atoms with Gasteiger partial charge in [0.2, 0.25) is 0 Å². The fourth-order valence-corrected chi connectivity index (χ4v) is 6.67. The molecule has 6 heteroatoms. The van der Waals surface area contributed by atoms with Gasteiger partial charge in [0.1, 0.15) is 17.5 Å². The summed E-state index contributed by atoms with van der Waals surface area (Å²) in [6, 6.07) is 32.8. The number of anilines is 3. The van der Waals surface area contributed by atoms with Gasteiger partial charge in [-0.05, 0) is 90.4 Å². The van der Waals surface area contributed by atoms with Gasteiger partial charge in [-0.2, -0.15) is 5.26 Å². The number of rotatable bonds is 3. The minimum Gasteiger partial charge on any atom is -0.422 e. The Morgan fingerprint density at radius 3 is 2.36 bits per heavy atom. The van der Waals surface area contributed by atoms with Crippen molar-refractivity contribution in [1.29, 1.82) is 5.26 Å². The number of imidazole rings is 1. The fourth-order valence-electron chi connectivity index (χ4n) is 6.67. The number of hydrogen-bond acceptors (Lipinski definition) is 5. The molecule has 6 nitrogen and oxygen atoms in total. The van der Waals surface area contributed by atoms with Crippen LogP contribution in [0.1, 0.15) is 47.3 Å². The monoisotopic (exact) mass is 584 g/mol. The summed E-state index contributed by atoms with van der Waals surface area (Å²) in [5.41, 5.74) is 10.8. The van der Waals surface area contributed by atoms with Crippen LogP contribution in [0.2, 0.25) is 0 Å². The molecule has 0 atom stereocenters. The summed E-state index contributed by atoms with van der Waals surface area (Å²) in [6.07, 6.45) is 8.55. The van der Waals surface area contributed by atoms with Crippen molar-refractivity contribution in [1.82, 2.24) is 9.97 Å². The molecule has 4 aromatic carbocycles. The molecule has 0 spiro atoms. The number of nitrogens with one attached hydrogen (secondary N) is 1. The summed E-state index contributed by atoms with van der Waals surface area (Å²) >= 11 is 0. The highest BCUT2D eigenvalue weighted by atomic mass is 16.4. The third kappa shape index (κ3) is 4.49. The molecular weight excluding hydrogens is 556 g/mol. The number of aromatic amines is 1. The highest BCUT2D eigenvalue weighted by Gasteiger charge is 2.23. The van der Waals surface area contributed by atoms with Crippen molar-refractivity contribution in [3.63, 3.8) is 0 Å². The van der Waals surface area contributed by atoms with Crippen molar-refractivity contribution in [2.45, 2.75) is 26.2 Å². The molecular formula is C39H28N4O2. The normalized spacial score (nSPS) is 15.3. The molecule has 216 valence electrons. The lowest BCUT2D eigenvalue weighted by Gasteiger charge is -2.27. The van der Waals surface area contributed by atoms with E-state index in [4.69, 9.17) is 4.42 Å². The number of nitrogens with zero attached hydrogens (tertiary/aromatic N) is 3. The third-order valence-electron chi connectivity index (χ3n) is 8.83. The second kappa shape index (κ2) is 10.7. The number of aromatic nitrogens is 2. The topological polar surface area (TPSA) is 85.9 Å². The van der Waals surface area contributed by atoms with E-state index in [9.17, 15) is 10.1 Å². The zero-order valence-electron chi connectivity index (χ0n) is 24.7. The third-order valence-corrected chi connectivity index (χ3v) is 8.83. The molecule has 0 saturated heterocycles. The summed E-state index contributed by atoms with van der Waals surface area (Å²) in [5, 5.41) is 11.0. The quantitative estimate of drug-likeness (QED) is 0.165. The van der Waals surface area contributed by atoms with Crippen LogP contribution in [0.15, 0.2) is 112 Å². The van der Waals surface area contributed by atoms with Crippen LogP contribution in [0.4, 0.5) is 17.1 Å².